The maximum Gasteiger partial charge on any atom is 0.239 e. The molecule has 2 N–H and O–H groups in total. The molecule has 0 radical (unpaired) electrons. The first-order valence-electron chi connectivity index (χ1n) is 5.86. The van der Waals surface area contributed by atoms with Gasteiger partial charge in [0, 0.05) is 26.6 Å². The zero-order chi connectivity index (χ0) is 11.6. The fourth-order valence-electron chi connectivity index (χ4n) is 1.56. The summed E-state index contributed by atoms with van der Waals surface area (Å²) >= 11 is 0. The predicted molar refractivity (Wildman–Crippen MR) is 63.7 cm³/mol. The van der Waals surface area contributed by atoms with Gasteiger partial charge in [-0.25, -0.2) is 0 Å². The molecule has 0 atom stereocenters. The first-order chi connectivity index (χ1) is 7.83. The van der Waals surface area contributed by atoms with E-state index in [1.54, 1.807) is 7.11 Å². The van der Waals surface area contributed by atoms with Crippen LogP contribution in [0, 0.1) is 0 Å². The molecule has 5 heteroatoms. The molecular formula is C11H21N3O2. The lowest BCUT2D eigenvalue weighted by Crippen LogP contribution is -2.38. The van der Waals surface area contributed by atoms with E-state index in [0.29, 0.717) is 19.7 Å². The van der Waals surface area contributed by atoms with Gasteiger partial charge in [0.25, 0.3) is 0 Å². The lowest BCUT2D eigenvalue weighted by molar-refractivity contribution is -0.120. The van der Waals surface area contributed by atoms with Gasteiger partial charge in [0.1, 0.15) is 0 Å². The van der Waals surface area contributed by atoms with Gasteiger partial charge in [0.05, 0.1) is 19.0 Å². The molecule has 1 aliphatic heterocycles. The molecule has 1 rings (SSSR count). The van der Waals surface area contributed by atoms with Crippen LogP contribution in [-0.4, -0.2) is 45.1 Å². The van der Waals surface area contributed by atoms with Crippen molar-refractivity contribution < 1.29 is 9.53 Å². The Morgan fingerprint density at radius 1 is 1.44 bits per heavy atom. The van der Waals surface area contributed by atoms with Gasteiger partial charge in [-0.05, 0) is 12.8 Å². The van der Waals surface area contributed by atoms with Crippen LogP contribution >= 0.6 is 0 Å². The van der Waals surface area contributed by atoms with E-state index in [-0.39, 0.29) is 5.91 Å². The summed E-state index contributed by atoms with van der Waals surface area (Å²) in [6, 6.07) is 0. The van der Waals surface area contributed by atoms with E-state index >= 15 is 0 Å². The van der Waals surface area contributed by atoms with Crippen molar-refractivity contribution in [1.82, 2.24) is 10.6 Å². The summed E-state index contributed by atoms with van der Waals surface area (Å²) < 4.78 is 4.84. The second-order valence-electron chi connectivity index (χ2n) is 3.84. The molecule has 1 aliphatic rings. The molecule has 0 bridgehead atoms. The molecule has 0 fully saturated rings. The highest BCUT2D eigenvalue weighted by atomic mass is 16.5. The molecule has 0 saturated heterocycles. The SMILES string of the molecule is COCCNC(=O)CNC1=NCCCCC1. The number of hydrogen-bond acceptors (Lipinski definition) is 4. The number of nitrogens with zero attached hydrogens (tertiary/aromatic N) is 1. The third kappa shape index (κ3) is 5.70. The van der Waals surface area contributed by atoms with E-state index in [2.05, 4.69) is 15.6 Å². The van der Waals surface area contributed by atoms with Crippen molar-refractivity contribution in [2.45, 2.75) is 25.7 Å². The van der Waals surface area contributed by atoms with Gasteiger partial charge in [-0.1, -0.05) is 6.42 Å². The molecule has 0 aromatic rings. The number of rotatable bonds is 5. The van der Waals surface area contributed by atoms with Gasteiger partial charge >= 0.3 is 0 Å². The van der Waals surface area contributed by atoms with Crippen molar-refractivity contribution in [2.24, 2.45) is 4.99 Å². The van der Waals surface area contributed by atoms with Gasteiger partial charge < -0.3 is 15.4 Å². The summed E-state index contributed by atoms with van der Waals surface area (Å²) in [5.74, 6) is 0.961. The first-order valence-corrected chi connectivity index (χ1v) is 5.86. The number of amides is 1. The minimum absolute atomic E-state index is 0.0102. The lowest BCUT2D eigenvalue weighted by Gasteiger charge is -2.08. The second-order valence-corrected chi connectivity index (χ2v) is 3.84. The Hall–Kier alpha value is -1.10. The van der Waals surface area contributed by atoms with Crippen LogP contribution in [-0.2, 0) is 9.53 Å². The first kappa shape index (κ1) is 13.0. The number of methoxy groups -OCH3 is 1. The van der Waals surface area contributed by atoms with Crippen molar-refractivity contribution in [2.75, 3.05) is 33.4 Å². The highest BCUT2D eigenvalue weighted by Crippen LogP contribution is 2.05. The zero-order valence-electron chi connectivity index (χ0n) is 9.92. The molecule has 92 valence electrons. The van der Waals surface area contributed by atoms with Gasteiger partial charge in [-0.3, -0.25) is 9.79 Å². The third-order valence-corrected chi connectivity index (χ3v) is 2.46. The quantitative estimate of drug-likeness (QED) is 0.664. The number of nitrogens with one attached hydrogen (secondary N) is 2. The van der Waals surface area contributed by atoms with Crippen molar-refractivity contribution in [3.8, 4) is 0 Å². The number of aliphatic imine (C=N–C) groups is 1. The summed E-state index contributed by atoms with van der Waals surface area (Å²) in [6.45, 7) is 2.30. The topological polar surface area (TPSA) is 62.7 Å². The monoisotopic (exact) mass is 227 g/mol. The molecule has 0 aromatic carbocycles. The predicted octanol–water partition coefficient (Wildman–Crippen LogP) is 0.311. The summed E-state index contributed by atoms with van der Waals surface area (Å²) in [5.41, 5.74) is 0. The zero-order valence-corrected chi connectivity index (χ0v) is 9.92. The Labute approximate surface area is 96.7 Å². The van der Waals surface area contributed by atoms with E-state index in [4.69, 9.17) is 4.74 Å². The second kappa shape index (κ2) is 8.10. The number of hydrogen-bond donors (Lipinski definition) is 2. The van der Waals surface area contributed by atoms with E-state index in [1.807, 2.05) is 0 Å². The Morgan fingerprint density at radius 2 is 2.31 bits per heavy atom. The fraction of sp³-hybridized carbons (Fsp3) is 0.818. The van der Waals surface area contributed by atoms with E-state index in [9.17, 15) is 4.79 Å². The largest absolute Gasteiger partial charge is 0.383 e. The normalized spacial score (nSPS) is 16.2. The van der Waals surface area contributed by atoms with Crippen LogP contribution in [0.25, 0.3) is 0 Å². The van der Waals surface area contributed by atoms with Crippen LogP contribution in [0.1, 0.15) is 25.7 Å². The number of amidine groups is 1. The standard InChI is InChI=1S/C11H21N3O2/c1-16-8-7-13-11(15)9-14-10-5-3-2-4-6-12-10/h2-9H2,1H3,(H,12,14)(H,13,15). The van der Waals surface area contributed by atoms with E-state index < -0.39 is 0 Å². The van der Waals surface area contributed by atoms with Crippen molar-refractivity contribution in [3.63, 3.8) is 0 Å². The molecule has 0 unspecified atom stereocenters. The smallest absolute Gasteiger partial charge is 0.239 e. The number of carbonyl (C=O) groups excluding carboxylic acids is 1. The molecule has 16 heavy (non-hydrogen) atoms. The number of carbonyl (C=O) groups is 1. The van der Waals surface area contributed by atoms with Crippen LogP contribution in [0.15, 0.2) is 4.99 Å². The Kier molecular flexibility index (Phi) is 6.56. The summed E-state index contributed by atoms with van der Waals surface area (Å²) in [5, 5.41) is 5.84. The molecule has 0 spiro atoms. The molecule has 0 saturated carbocycles. The van der Waals surface area contributed by atoms with Crippen LogP contribution < -0.4 is 10.6 Å². The Bertz CT molecular complexity index is 241. The van der Waals surface area contributed by atoms with Crippen LogP contribution in [0.3, 0.4) is 0 Å². The van der Waals surface area contributed by atoms with Crippen molar-refractivity contribution in [3.05, 3.63) is 0 Å². The maximum atomic E-state index is 11.4. The average Bonchev–Trinajstić information content (AvgIpc) is 2.55. The highest BCUT2D eigenvalue weighted by Gasteiger charge is 2.05. The summed E-state index contributed by atoms with van der Waals surface area (Å²) in [7, 11) is 1.62. The molecule has 0 aliphatic carbocycles. The summed E-state index contributed by atoms with van der Waals surface area (Å²) in [6.07, 6.45) is 4.52. The average molecular weight is 227 g/mol. The van der Waals surface area contributed by atoms with E-state index in [1.165, 1.54) is 6.42 Å². The van der Waals surface area contributed by atoms with Gasteiger partial charge in [-0.2, -0.15) is 0 Å². The Balaban J connectivity index is 2.12. The molecule has 1 amide bonds. The molecule has 1 heterocycles. The van der Waals surface area contributed by atoms with Crippen LogP contribution in [0.4, 0.5) is 0 Å². The van der Waals surface area contributed by atoms with E-state index in [0.717, 1.165) is 31.6 Å². The fourth-order valence-corrected chi connectivity index (χ4v) is 1.56. The Morgan fingerprint density at radius 3 is 3.12 bits per heavy atom. The maximum absolute atomic E-state index is 11.4. The van der Waals surface area contributed by atoms with Gasteiger partial charge in [0.15, 0.2) is 0 Å². The van der Waals surface area contributed by atoms with Crippen LogP contribution in [0.5, 0.6) is 0 Å². The van der Waals surface area contributed by atoms with Gasteiger partial charge in [-0.15, -0.1) is 0 Å². The lowest BCUT2D eigenvalue weighted by atomic mass is 10.2. The third-order valence-electron chi connectivity index (χ3n) is 2.46. The van der Waals surface area contributed by atoms with Gasteiger partial charge in [0.2, 0.25) is 5.91 Å². The summed E-state index contributed by atoms with van der Waals surface area (Å²) in [4.78, 5) is 15.8. The number of ether oxygens (including phenoxy) is 1. The van der Waals surface area contributed by atoms with Crippen molar-refractivity contribution >= 4 is 11.7 Å². The highest BCUT2D eigenvalue weighted by molar-refractivity contribution is 5.87. The molecule has 5 nitrogen and oxygen atoms in total. The van der Waals surface area contributed by atoms with Crippen LogP contribution in [0.2, 0.25) is 0 Å². The minimum atomic E-state index is -0.0102. The van der Waals surface area contributed by atoms with Crippen molar-refractivity contribution in [1.29, 1.82) is 0 Å². The minimum Gasteiger partial charge on any atom is -0.383 e. The molecular weight excluding hydrogens is 206 g/mol. The molecule has 0 aromatic heterocycles.